The number of hydrogen-bond donors (Lipinski definition) is 1. The molecule has 0 aromatic heterocycles. The molecule has 2 aliphatic carbocycles. The van der Waals surface area contributed by atoms with Crippen LogP contribution >= 0.6 is 0 Å². The average molecular weight is 197 g/mol. The van der Waals surface area contributed by atoms with Gasteiger partial charge in [0.15, 0.2) is 0 Å². The van der Waals surface area contributed by atoms with Crippen molar-refractivity contribution in [2.45, 2.75) is 70.9 Å². The van der Waals surface area contributed by atoms with E-state index in [-0.39, 0.29) is 5.60 Å². The van der Waals surface area contributed by atoms with Gasteiger partial charge in [-0.25, -0.2) is 0 Å². The van der Waals surface area contributed by atoms with Gasteiger partial charge in [-0.3, -0.25) is 4.84 Å². The van der Waals surface area contributed by atoms with Crippen LogP contribution in [-0.4, -0.2) is 11.6 Å². The summed E-state index contributed by atoms with van der Waals surface area (Å²) in [6.07, 6.45) is 8.35. The monoisotopic (exact) mass is 197 g/mol. The molecule has 2 heteroatoms. The lowest BCUT2D eigenvalue weighted by Gasteiger charge is -2.44. The predicted octanol–water partition coefficient (Wildman–Crippen LogP) is 3.03. The van der Waals surface area contributed by atoms with Gasteiger partial charge in [-0.1, -0.05) is 12.8 Å². The SMILES string of the molecule is CC(C)(C)ONC1CCCC12CCC2. The van der Waals surface area contributed by atoms with E-state index < -0.39 is 0 Å². The molecule has 0 heterocycles. The Bertz CT molecular complexity index is 203. The highest BCUT2D eigenvalue weighted by Crippen LogP contribution is 2.53. The highest BCUT2D eigenvalue weighted by molar-refractivity contribution is 5.00. The summed E-state index contributed by atoms with van der Waals surface area (Å²) in [5.74, 6) is 0. The van der Waals surface area contributed by atoms with Gasteiger partial charge in [0, 0.05) is 6.04 Å². The fourth-order valence-corrected chi connectivity index (χ4v) is 2.80. The lowest BCUT2D eigenvalue weighted by atomic mass is 9.65. The molecule has 0 radical (unpaired) electrons. The highest BCUT2D eigenvalue weighted by Gasteiger charge is 2.47. The predicted molar refractivity (Wildman–Crippen MR) is 57.9 cm³/mol. The van der Waals surface area contributed by atoms with Crippen LogP contribution in [0.4, 0.5) is 0 Å². The molecule has 0 aromatic rings. The van der Waals surface area contributed by atoms with Crippen LogP contribution < -0.4 is 5.48 Å². The standard InChI is InChI=1S/C12H23NO/c1-11(2,3)14-13-10-6-4-7-12(10)8-5-9-12/h10,13H,4-9H2,1-3H3. The third kappa shape index (κ3) is 1.96. The maximum absolute atomic E-state index is 5.69. The minimum Gasteiger partial charge on any atom is -0.296 e. The van der Waals surface area contributed by atoms with Gasteiger partial charge in [-0.2, -0.15) is 5.48 Å². The fourth-order valence-electron chi connectivity index (χ4n) is 2.80. The zero-order valence-electron chi connectivity index (χ0n) is 9.73. The Morgan fingerprint density at radius 2 is 1.79 bits per heavy atom. The van der Waals surface area contributed by atoms with Crippen molar-refractivity contribution in [3.8, 4) is 0 Å². The summed E-state index contributed by atoms with van der Waals surface area (Å²) in [5.41, 5.74) is 3.87. The van der Waals surface area contributed by atoms with E-state index in [1.807, 2.05) is 0 Å². The van der Waals surface area contributed by atoms with Gasteiger partial charge in [-0.15, -0.1) is 0 Å². The van der Waals surface area contributed by atoms with Gasteiger partial charge in [-0.05, 0) is 51.9 Å². The molecule has 1 unspecified atom stereocenters. The maximum atomic E-state index is 5.69. The zero-order chi connectivity index (χ0) is 10.2. The molecule has 1 spiro atoms. The van der Waals surface area contributed by atoms with Gasteiger partial charge >= 0.3 is 0 Å². The first kappa shape index (κ1) is 10.4. The van der Waals surface area contributed by atoms with Gasteiger partial charge in [0.2, 0.25) is 0 Å². The molecule has 0 aromatic carbocycles. The Kier molecular flexibility index (Phi) is 2.61. The molecule has 2 nitrogen and oxygen atoms in total. The number of rotatable bonds is 2. The molecule has 0 bridgehead atoms. The summed E-state index contributed by atoms with van der Waals surface area (Å²) < 4.78 is 0. The van der Waals surface area contributed by atoms with Gasteiger partial charge in [0.25, 0.3) is 0 Å². The lowest BCUT2D eigenvalue weighted by molar-refractivity contribution is -0.113. The molecule has 0 amide bonds. The zero-order valence-corrected chi connectivity index (χ0v) is 9.73. The van der Waals surface area contributed by atoms with Crippen molar-refractivity contribution in [1.82, 2.24) is 5.48 Å². The second-order valence-electron chi connectivity index (χ2n) is 5.99. The Morgan fingerprint density at radius 1 is 1.14 bits per heavy atom. The maximum Gasteiger partial charge on any atom is 0.0813 e. The van der Waals surface area contributed by atoms with Gasteiger partial charge in [0.05, 0.1) is 5.60 Å². The molecule has 2 saturated carbocycles. The molecule has 1 N–H and O–H groups in total. The summed E-state index contributed by atoms with van der Waals surface area (Å²) in [6.45, 7) is 6.30. The summed E-state index contributed by atoms with van der Waals surface area (Å²) in [5, 5.41) is 0. The highest BCUT2D eigenvalue weighted by atomic mass is 16.7. The Labute approximate surface area is 87.4 Å². The third-order valence-electron chi connectivity index (χ3n) is 3.76. The molecule has 0 aliphatic heterocycles. The van der Waals surface area contributed by atoms with Crippen molar-refractivity contribution >= 4 is 0 Å². The fraction of sp³-hybridized carbons (Fsp3) is 1.00. The second kappa shape index (κ2) is 3.49. The van der Waals surface area contributed by atoms with E-state index in [0.29, 0.717) is 11.5 Å². The van der Waals surface area contributed by atoms with Crippen molar-refractivity contribution in [3.63, 3.8) is 0 Å². The summed E-state index contributed by atoms with van der Waals surface area (Å²) in [6, 6.07) is 0.621. The van der Waals surface area contributed by atoms with Gasteiger partial charge < -0.3 is 0 Å². The third-order valence-corrected chi connectivity index (χ3v) is 3.76. The van der Waals surface area contributed by atoms with Crippen LogP contribution in [0.1, 0.15) is 59.3 Å². The molecule has 0 saturated heterocycles. The largest absolute Gasteiger partial charge is 0.296 e. The average Bonchev–Trinajstić information content (AvgIpc) is 2.41. The van der Waals surface area contributed by atoms with E-state index in [1.165, 1.54) is 38.5 Å². The van der Waals surface area contributed by atoms with E-state index in [1.54, 1.807) is 0 Å². The molecule has 82 valence electrons. The van der Waals surface area contributed by atoms with Crippen LogP contribution in [-0.2, 0) is 4.84 Å². The molecular formula is C12H23NO. The van der Waals surface area contributed by atoms with Crippen LogP contribution in [0.5, 0.6) is 0 Å². The van der Waals surface area contributed by atoms with Crippen LogP contribution in [0.3, 0.4) is 0 Å². The lowest BCUT2D eigenvalue weighted by Crippen LogP contribution is -2.47. The summed E-state index contributed by atoms with van der Waals surface area (Å²) >= 11 is 0. The minimum absolute atomic E-state index is 0.0620. The van der Waals surface area contributed by atoms with E-state index in [4.69, 9.17) is 4.84 Å². The van der Waals surface area contributed by atoms with Crippen molar-refractivity contribution in [3.05, 3.63) is 0 Å². The van der Waals surface area contributed by atoms with E-state index in [2.05, 4.69) is 26.3 Å². The molecule has 2 fully saturated rings. The first-order valence-corrected chi connectivity index (χ1v) is 5.95. The van der Waals surface area contributed by atoms with E-state index in [9.17, 15) is 0 Å². The van der Waals surface area contributed by atoms with Crippen LogP contribution in [0.25, 0.3) is 0 Å². The van der Waals surface area contributed by atoms with Crippen LogP contribution in [0.2, 0.25) is 0 Å². The topological polar surface area (TPSA) is 21.3 Å². The van der Waals surface area contributed by atoms with E-state index in [0.717, 1.165) is 0 Å². The van der Waals surface area contributed by atoms with Gasteiger partial charge in [0.1, 0.15) is 0 Å². The molecule has 2 rings (SSSR count). The molecule has 14 heavy (non-hydrogen) atoms. The van der Waals surface area contributed by atoms with Crippen LogP contribution in [0, 0.1) is 5.41 Å². The molecule has 2 aliphatic rings. The quantitative estimate of drug-likeness (QED) is 0.687. The first-order valence-electron chi connectivity index (χ1n) is 5.95. The molecular weight excluding hydrogens is 174 g/mol. The normalized spacial score (nSPS) is 30.6. The van der Waals surface area contributed by atoms with Crippen molar-refractivity contribution in [1.29, 1.82) is 0 Å². The minimum atomic E-state index is -0.0620. The van der Waals surface area contributed by atoms with Crippen molar-refractivity contribution in [2.75, 3.05) is 0 Å². The summed E-state index contributed by atoms with van der Waals surface area (Å²) in [7, 11) is 0. The Balaban J connectivity index is 1.85. The van der Waals surface area contributed by atoms with Crippen molar-refractivity contribution < 1.29 is 4.84 Å². The number of nitrogens with one attached hydrogen (secondary N) is 1. The van der Waals surface area contributed by atoms with Crippen LogP contribution in [0.15, 0.2) is 0 Å². The second-order valence-corrected chi connectivity index (χ2v) is 5.99. The molecule has 1 atom stereocenters. The number of hydrogen-bond acceptors (Lipinski definition) is 2. The van der Waals surface area contributed by atoms with Crippen molar-refractivity contribution in [2.24, 2.45) is 5.41 Å². The summed E-state index contributed by atoms with van der Waals surface area (Å²) in [4.78, 5) is 5.69. The number of hydroxylamine groups is 1. The first-order chi connectivity index (χ1) is 6.52. The van der Waals surface area contributed by atoms with E-state index >= 15 is 0 Å². The Hall–Kier alpha value is -0.0800. The Morgan fingerprint density at radius 3 is 2.29 bits per heavy atom. The smallest absolute Gasteiger partial charge is 0.0813 e.